The standard InChI is InChI=1S/C29H21N3O2S/c33-19-21-9-4-5-12-25(21)29(34)30-22-10-6-11-23(17-22)35-24-14-15-26-27(31-32-28(26)18-24)16-13-20-7-2-1-3-8-20/h1-19H,(H,30,34)(H,31,32). The average Bonchev–Trinajstić information content (AvgIpc) is 3.30. The fourth-order valence-corrected chi connectivity index (χ4v) is 4.65. The first-order valence-corrected chi connectivity index (χ1v) is 11.9. The number of nitrogens with zero attached hydrogens (tertiary/aromatic N) is 1. The van der Waals surface area contributed by atoms with E-state index >= 15 is 0 Å². The number of anilines is 1. The molecule has 5 aromatic rings. The van der Waals surface area contributed by atoms with Crippen LogP contribution < -0.4 is 5.32 Å². The van der Waals surface area contributed by atoms with E-state index in [-0.39, 0.29) is 5.91 Å². The molecule has 0 spiro atoms. The first-order chi connectivity index (χ1) is 17.2. The number of carbonyl (C=O) groups excluding carboxylic acids is 2. The Morgan fingerprint density at radius 2 is 1.63 bits per heavy atom. The molecule has 2 N–H and O–H groups in total. The molecule has 0 atom stereocenters. The van der Waals surface area contributed by atoms with E-state index in [1.165, 1.54) is 0 Å². The Labute approximate surface area is 206 Å². The molecule has 4 aromatic carbocycles. The van der Waals surface area contributed by atoms with Crippen LogP contribution >= 0.6 is 11.8 Å². The SMILES string of the molecule is O=Cc1ccccc1C(=O)Nc1cccc(Sc2ccc3c(C=Cc4ccccc4)n[nH]c3c2)c1. The van der Waals surface area contributed by atoms with E-state index < -0.39 is 0 Å². The van der Waals surface area contributed by atoms with E-state index in [0.29, 0.717) is 23.1 Å². The number of fused-ring (bicyclic) bond motifs is 1. The number of amides is 1. The summed E-state index contributed by atoms with van der Waals surface area (Å²) in [5.74, 6) is -0.315. The van der Waals surface area contributed by atoms with Crippen LogP contribution in [0.15, 0.2) is 107 Å². The zero-order valence-electron chi connectivity index (χ0n) is 18.6. The molecule has 0 aliphatic rings. The molecule has 0 bridgehead atoms. The number of carbonyl (C=O) groups is 2. The van der Waals surface area contributed by atoms with Crippen LogP contribution in [0.2, 0.25) is 0 Å². The lowest BCUT2D eigenvalue weighted by Crippen LogP contribution is -2.14. The van der Waals surface area contributed by atoms with E-state index in [9.17, 15) is 9.59 Å². The van der Waals surface area contributed by atoms with Crippen molar-refractivity contribution in [3.8, 4) is 0 Å². The van der Waals surface area contributed by atoms with Gasteiger partial charge in [0.15, 0.2) is 6.29 Å². The van der Waals surface area contributed by atoms with Crippen molar-refractivity contribution in [2.24, 2.45) is 0 Å². The molecule has 0 fully saturated rings. The minimum absolute atomic E-state index is 0.315. The average molecular weight is 476 g/mol. The monoisotopic (exact) mass is 475 g/mol. The normalized spacial score (nSPS) is 11.1. The highest BCUT2D eigenvalue weighted by atomic mass is 32.2. The predicted octanol–water partition coefficient (Wildman–Crippen LogP) is 6.95. The fraction of sp³-hybridized carbons (Fsp3) is 0. The number of rotatable bonds is 7. The van der Waals surface area contributed by atoms with Crippen LogP contribution in [0.4, 0.5) is 5.69 Å². The van der Waals surface area contributed by atoms with Gasteiger partial charge in [-0.1, -0.05) is 72.4 Å². The number of nitrogens with one attached hydrogen (secondary N) is 2. The summed E-state index contributed by atoms with van der Waals surface area (Å²) in [7, 11) is 0. The molecular formula is C29H21N3O2S. The van der Waals surface area contributed by atoms with Crippen molar-refractivity contribution in [3.63, 3.8) is 0 Å². The van der Waals surface area contributed by atoms with Crippen LogP contribution in [0.3, 0.4) is 0 Å². The zero-order valence-corrected chi connectivity index (χ0v) is 19.5. The van der Waals surface area contributed by atoms with Gasteiger partial charge >= 0.3 is 0 Å². The minimum Gasteiger partial charge on any atom is -0.322 e. The molecule has 0 saturated heterocycles. The Balaban J connectivity index is 1.31. The largest absolute Gasteiger partial charge is 0.322 e. The van der Waals surface area contributed by atoms with Crippen molar-refractivity contribution in [3.05, 3.63) is 119 Å². The van der Waals surface area contributed by atoms with E-state index in [2.05, 4.69) is 45.8 Å². The molecule has 0 aliphatic carbocycles. The van der Waals surface area contributed by atoms with E-state index in [4.69, 9.17) is 0 Å². The lowest BCUT2D eigenvalue weighted by atomic mass is 10.1. The molecule has 0 radical (unpaired) electrons. The van der Waals surface area contributed by atoms with E-state index in [0.717, 1.165) is 32.0 Å². The van der Waals surface area contributed by atoms with Gasteiger partial charge in [-0.25, -0.2) is 0 Å². The topological polar surface area (TPSA) is 74.8 Å². The van der Waals surface area contributed by atoms with Gasteiger partial charge in [0.25, 0.3) is 5.91 Å². The van der Waals surface area contributed by atoms with Gasteiger partial charge in [-0.15, -0.1) is 0 Å². The Morgan fingerprint density at radius 3 is 2.49 bits per heavy atom. The van der Waals surface area contributed by atoms with Crippen LogP contribution in [-0.4, -0.2) is 22.4 Å². The number of aromatic amines is 1. The molecule has 5 rings (SSSR count). The van der Waals surface area contributed by atoms with Gasteiger partial charge in [-0.3, -0.25) is 14.7 Å². The maximum atomic E-state index is 12.7. The molecule has 1 aromatic heterocycles. The highest BCUT2D eigenvalue weighted by molar-refractivity contribution is 7.99. The summed E-state index contributed by atoms with van der Waals surface area (Å²) in [6, 6.07) is 30.7. The van der Waals surface area contributed by atoms with E-state index in [1.807, 2.05) is 54.6 Å². The van der Waals surface area contributed by atoms with Crippen LogP contribution in [0.25, 0.3) is 23.1 Å². The summed E-state index contributed by atoms with van der Waals surface area (Å²) >= 11 is 1.59. The third kappa shape index (κ3) is 5.23. The number of hydrogen-bond donors (Lipinski definition) is 2. The summed E-state index contributed by atoms with van der Waals surface area (Å²) in [5.41, 5.74) is 4.34. The minimum atomic E-state index is -0.315. The van der Waals surface area contributed by atoms with Crippen molar-refractivity contribution in [2.75, 3.05) is 5.32 Å². The molecule has 0 saturated carbocycles. The number of H-pyrrole nitrogens is 1. The van der Waals surface area contributed by atoms with Crippen LogP contribution in [0.5, 0.6) is 0 Å². The number of aromatic nitrogens is 2. The molecule has 1 heterocycles. The Morgan fingerprint density at radius 1 is 0.829 bits per heavy atom. The smallest absolute Gasteiger partial charge is 0.256 e. The van der Waals surface area contributed by atoms with Crippen molar-refractivity contribution in [1.29, 1.82) is 0 Å². The summed E-state index contributed by atoms with van der Waals surface area (Å²) < 4.78 is 0. The third-order valence-electron chi connectivity index (χ3n) is 5.46. The summed E-state index contributed by atoms with van der Waals surface area (Å²) in [5, 5.41) is 11.5. The maximum Gasteiger partial charge on any atom is 0.256 e. The number of aldehydes is 1. The Hall–Kier alpha value is -4.42. The second-order valence-corrected chi connectivity index (χ2v) is 9.00. The molecule has 0 unspecified atom stereocenters. The van der Waals surface area contributed by atoms with Crippen LogP contribution in [0, 0.1) is 0 Å². The molecule has 35 heavy (non-hydrogen) atoms. The van der Waals surface area contributed by atoms with Gasteiger partial charge in [0.05, 0.1) is 16.8 Å². The lowest BCUT2D eigenvalue weighted by Gasteiger charge is -2.09. The second-order valence-electron chi connectivity index (χ2n) is 7.85. The predicted molar refractivity (Wildman–Crippen MR) is 142 cm³/mol. The van der Waals surface area contributed by atoms with Gasteiger partial charge in [-0.2, -0.15) is 5.10 Å². The number of benzene rings is 4. The maximum absolute atomic E-state index is 12.7. The Kier molecular flexibility index (Phi) is 6.55. The highest BCUT2D eigenvalue weighted by Crippen LogP contribution is 2.32. The van der Waals surface area contributed by atoms with Crippen LogP contribution in [0.1, 0.15) is 32.0 Å². The van der Waals surface area contributed by atoms with Gasteiger partial charge in [0.1, 0.15) is 0 Å². The fourth-order valence-electron chi connectivity index (χ4n) is 3.73. The second kappa shape index (κ2) is 10.2. The van der Waals surface area contributed by atoms with Gasteiger partial charge < -0.3 is 5.32 Å². The molecular weight excluding hydrogens is 454 g/mol. The first kappa shape index (κ1) is 22.4. The third-order valence-corrected chi connectivity index (χ3v) is 6.44. The van der Waals surface area contributed by atoms with Crippen molar-refractivity contribution >= 4 is 52.7 Å². The number of hydrogen-bond acceptors (Lipinski definition) is 4. The first-order valence-electron chi connectivity index (χ1n) is 11.0. The lowest BCUT2D eigenvalue weighted by molar-refractivity contribution is 0.101. The molecule has 170 valence electrons. The van der Waals surface area contributed by atoms with Gasteiger partial charge in [0.2, 0.25) is 0 Å². The van der Waals surface area contributed by atoms with Crippen LogP contribution in [-0.2, 0) is 0 Å². The van der Waals surface area contributed by atoms with Crippen molar-refractivity contribution in [2.45, 2.75) is 9.79 Å². The van der Waals surface area contributed by atoms with Gasteiger partial charge in [-0.05, 0) is 54.1 Å². The summed E-state index contributed by atoms with van der Waals surface area (Å²) in [6.07, 6.45) is 4.75. The van der Waals surface area contributed by atoms with Crippen molar-refractivity contribution < 1.29 is 9.59 Å². The molecule has 1 amide bonds. The summed E-state index contributed by atoms with van der Waals surface area (Å²) in [4.78, 5) is 25.9. The summed E-state index contributed by atoms with van der Waals surface area (Å²) in [6.45, 7) is 0. The quantitative estimate of drug-likeness (QED) is 0.250. The molecule has 0 aliphatic heterocycles. The molecule has 6 heteroatoms. The Bertz CT molecular complexity index is 1540. The highest BCUT2D eigenvalue weighted by Gasteiger charge is 2.11. The van der Waals surface area contributed by atoms with Crippen molar-refractivity contribution in [1.82, 2.24) is 10.2 Å². The van der Waals surface area contributed by atoms with E-state index in [1.54, 1.807) is 36.0 Å². The zero-order chi connectivity index (χ0) is 24.0. The molecule has 5 nitrogen and oxygen atoms in total. The van der Waals surface area contributed by atoms with Gasteiger partial charge in [0, 0.05) is 26.4 Å².